The zero-order valence-electron chi connectivity index (χ0n) is 5.44. The second-order valence-electron chi connectivity index (χ2n) is 1.94. The number of nitrogens with one attached hydrogen (secondary N) is 1. The van der Waals surface area contributed by atoms with Crippen molar-refractivity contribution in [1.82, 2.24) is 5.32 Å². The van der Waals surface area contributed by atoms with Crippen LogP contribution in [0.5, 0.6) is 0 Å². The van der Waals surface area contributed by atoms with Gasteiger partial charge in [0.15, 0.2) is 0 Å². The van der Waals surface area contributed by atoms with E-state index in [1.54, 1.807) is 0 Å². The van der Waals surface area contributed by atoms with Gasteiger partial charge in [-0.15, -0.1) is 11.8 Å². The van der Waals surface area contributed by atoms with Gasteiger partial charge in [-0.1, -0.05) is 11.8 Å². The van der Waals surface area contributed by atoms with Gasteiger partial charge in [-0.3, -0.25) is 0 Å². The van der Waals surface area contributed by atoms with E-state index in [1.807, 2.05) is 11.8 Å². The minimum atomic E-state index is 0.876. The van der Waals surface area contributed by atoms with Gasteiger partial charge < -0.3 is 5.32 Å². The van der Waals surface area contributed by atoms with Gasteiger partial charge in [0.05, 0.1) is 12.3 Å². The molecule has 0 aromatic carbocycles. The Morgan fingerprint density at radius 2 is 2.33 bits per heavy atom. The van der Waals surface area contributed by atoms with Crippen LogP contribution in [0, 0.1) is 11.8 Å². The maximum absolute atomic E-state index is 3.24. The van der Waals surface area contributed by atoms with Gasteiger partial charge in [0.1, 0.15) is 0 Å². The molecule has 0 aliphatic carbocycles. The first kappa shape index (κ1) is 6.98. The number of rotatable bonds is 0. The van der Waals surface area contributed by atoms with Crippen LogP contribution in [0.3, 0.4) is 0 Å². The van der Waals surface area contributed by atoms with Gasteiger partial charge in [-0.2, -0.15) is 0 Å². The van der Waals surface area contributed by atoms with E-state index in [0.29, 0.717) is 0 Å². The molecule has 1 heterocycles. The van der Waals surface area contributed by atoms with Gasteiger partial charge >= 0.3 is 0 Å². The van der Waals surface area contributed by atoms with Crippen molar-refractivity contribution in [1.29, 1.82) is 0 Å². The fourth-order valence-corrected chi connectivity index (χ4v) is 1.38. The second kappa shape index (κ2) is 4.72. The highest BCUT2D eigenvalue weighted by Crippen LogP contribution is 2.00. The van der Waals surface area contributed by atoms with E-state index in [2.05, 4.69) is 17.2 Å². The van der Waals surface area contributed by atoms with E-state index in [-0.39, 0.29) is 0 Å². The minimum absolute atomic E-state index is 0.876. The van der Waals surface area contributed by atoms with E-state index in [0.717, 1.165) is 18.8 Å². The molecule has 1 rings (SSSR count). The molecular weight excluding hydrogens is 130 g/mol. The Balaban J connectivity index is 2.19. The third-order valence-corrected chi connectivity index (χ3v) is 2.08. The van der Waals surface area contributed by atoms with Crippen molar-refractivity contribution in [2.45, 2.75) is 6.42 Å². The van der Waals surface area contributed by atoms with Crippen LogP contribution in [0.4, 0.5) is 0 Å². The normalized spacial score (nSPS) is 20.4. The maximum Gasteiger partial charge on any atom is 0.0576 e. The molecule has 0 bridgehead atoms. The Bertz CT molecular complexity index is 111. The lowest BCUT2D eigenvalue weighted by molar-refractivity contribution is 0.742. The van der Waals surface area contributed by atoms with Crippen molar-refractivity contribution in [3.8, 4) is 11.8 Å². The monoisotopic (exact) mass is 141 g/mol. The quantitative estimate of drug-likeness (QED) is 0.499. The predicted octanol–water partition coefficient (Wildman–Crippen LogP) is 0.716. The Morgan fingerprint density at radius 1 is 1.33 bits per heavy atom. The van der Waals surface area contributed by atoms with Gasteiger partial charge in [0.2, 0.25) is 0 Å². The van der Waals surface area contributed by atoms with Crippen LogP contribution in [0.25, 0.3) is 0 Å². The summed E-state index contributed by atoms with van der Waals surface area (Å²) in [5.74, 6) is 8.39. The van der Waals surface area contributed by atoms with Gasteiger partial charge in [-0.25, -0.2) is 0 Å². The molecule has 1 N–H and O–H groups in total. The van der Waals surface area contributed by atoms with Gasteiger partial charge in [0, 0.05) is 0 Å². The van der Waals surface area contributed by atoms with E-state index < -0.39 is 0 Å². The van der Waals surface area contributed by atoms with Crippen LogP contribution in [-0.2, 0) is 0 Å². The predicted molar refractivity (Wildman–Crippen MR) is 42.6 cm³/mol. The van der Waals surface area contributed by atoms with E-state index in [9.17, 15) is 0 Å². The first-order valence-electron chi connectivity index (χ1n) is 3.24. The van der Waals surface area contributed by atoms with E-state index in [1.165, 1.54) is 12.2 Å². The highest BCUT2D eigenvalue weighted by atomic mass is 32.2. The molecule has 0 atom stereocenters. The average Bonchev–Trinajstić information content (AvgIpc) is 2.00. The summed E-state index contributed by atoms with van der Waals surface area (Å²) in [6.07, 6.45) is 1.27. The zero-order chi connectivity index (χ0) is 6.36. The van der Waals surface area contributed by atoms with E-state index in [4.69, 9.17) is 0 Å². The summed E-state index contributed by atoms with van der Waals surface area (Å²) in [6, 6.07) is 0. The lowest BCUT2D eigenvalue weighted by atomic mass is 10.5. The average molecular weight is 141 g/mol. The molecule has 0 saturated carbocycles. The number of hydrogen-bond acceptors (Lipinski definition) is 2. The zero-order valence-corrected chi connectivity index (χ0v) is 6.26. The molecule has 50 valence electrons. The first-order chi connectivity index (χ1) is 4.50. The smallest absolute Gasteiger partial charge is 0.0576 e. The molecule has 1 aliphatic heterocycles. The molecule has 0 unspecified atom stereocenters. The summed E-state index contributed by atoms with van der Waals surface area (Å²) < 4.78 is 0. The van der Waals surface area contributed by atoms with Crippen molar-refractivity contribution < 1.29 is 0 Å². The Kier molecular flexibility index (Phi) is 3.66. The summed E-state index contributed by atoms with van der Waals surface area (Å²) in [6.45, 7) is 2.00. The second-order valence-corrected chi connectivity index (χ2v) is 3.04. The van der Waals surface area contributed by atoms with Crippen molar-refractivity contribution in [3.05, 3.63) is 0 Å². The summed E-state index contributed by atoms with van der Waals surface area (Å²) in [5, 5.41) is 3.24. The topological polar surface area (TPSA) is 12.0 Å². The summed E-state index contributed by atoms with van der Waals surface area (Å²) in [7, 11) is 0. The maximum atomic E-state index is 3.24. The molecule has 0 fully saturated rings. The summed E-state index contributed by atoms with van der Waals surface area (Å²) >= 11 is 1.93. The van der Waals surface area contributed by atoms with Crippen LogP contribution < -0.4 is 5.32 Å². The molecule has 1 aliphatic rings. The molecule has 0 aromatic heterocycles. The standard InChI is InChI=1S/C7H11NS/c1-2-6-9-7-3-5-8-4-1/h8H,3-7H2. The highest BCUT2D eigenvalue weighted by molar-refractivity contribution is 7.99. The van der Waals surface area contributed by atoms with Crippen LogP contribution in [-0.4, -0.2) is 24.6 Å². The minimum Gasteiger partial charge on any atom is -0.306 e. The SMILES string of the molecule is C1#CCSCCCNC1. The van der Waals surface area contributed by atoms with Gasteiger partial charge in [-0.05, 0) is 18.7 Å². The summed E-state index contributed by atoms with van der Waals surface area (Å²) in [4.78, 5) is 0. The molecular formula is C7H11NS. The molecule has 0 radical (unpaired) electrons. The first-order valence-corrected chi connectivity index (χ1v) is 4.40. The molecule has 0 saturated heterocycles. The lowest BCUT2D eigenvalue weighted by Gasteiger charge is -1.96. The van der Waals surface area contributed by atoms with Gasteiger partial charge in [0.25, 0.3) is 0 Å². The molecule has 2 heteroatoms. The van der Waals surface area contributed by atoms with Crippen LogP contribution >= 0.6 is 11.8 Å². The van der Waals surface area contributed by atoms with Crippen molar-refractivity contribution in [2.75, 3.05) is 24.6 Å². The molecule has 0 aromatic rings. The van der Waals surface area contributed by atoms with Crippen LogP contribution in [0.1, 0.15) is 6.42 Å². The highest BCUT2D eigenvalue weighted by Gasteiger charge is 1.89. The van der Waals surface area contributed by atoms with Crippen LogP contribution in [0.15, 0.2) is 0 Å². The third-order valence-electron chi connectivity index (χ3n) is 1.15. The molecule has 1 nitrogen and oxygen atoms in total. The van der Waals surface area contributed by atoms with Crippen molar-refractivity contribution in [2.24, 2.45) is 0 Å². The third kappa shape index (κ3) is 3.45. The number of hydrogen-bond donors (Lipinski definition) is 1. The fourth-order valence-electron chi connectivity index (χ4n) is 0.687. The Labute approximate surface area is 60.6 Å². The van der Waals surface area contributed by atoms with Crippen molar-refractivity contribution in [3.63, 3.8) is 0 Å². The lowest BCUT2D eigenvalue weighted by Crippen LogP contribution is -2.15. The number of thioether (sulfide) groups is 1. The van der Waals surface area contributed by atoms with Crippen LogP contribution in [0.2, 0.25) is 0 Å². The van der Waals surface area contributed by atoms with Crippen molar-refractivity contribution >= 4 is 11.8 Å². The molecule has 9 heavy (non-hydrogen) atoms. The largest absolute Gasteiger partial charge is 0.306 e. The molecule has 0 amide bonds. The Morgan fingerprint density at radius 3 is 3.33 bits per heavy atom. The van der Waals surface area contributed by atoms with E-state index >= 15 is 0 Å². The Hall–Kier alpha value is -0.130. The summed E-state index contributed by atoms with van der Waals surface area (Å²) in [5.41, 5.74) is 0. The fraction of sp³-hybridized carbons (Fsp3) is 0.714. The molecule has 0 spiro atoms.